The van der Waals surface area contributed by atoms with Crippen LogP contribution in [-0.4, -0.2) is 17.0 Å². The largest absolute Gasteiger partial charge is 0.419 e. The van der Waals surface area contributed by atoms with E-state index < -0.39 is 17.7 Å². The Labute approximate surface area is 87.9 Å². The van der Waals surface area contributed by atoms with E-state index >= 15 is 0 Å². The van der Waals surface area contributed by atoms with E-state index in [1.165, 1.54) is 0 Å². The zero-order valence-corrected chi connectivity index (χ0v) is 7.73. The Morgan fingerprint density at radius 1 is 1.31 bits per heavy atom. The van der Waals surface area contributed by atoms with Crippen LogP contribution in [0.5, 0.6) is 5.75 Å². The van der Waals surface area contributed by atoms with Gasteiger partial charge in [0.25, 0.3) is 0 Å². The molecule has 1 rings (SSSR count). The molecule has 0 amide bonds. The van der Waals surface area contributed by atoms with Crippen molar-refractivity contribution in [2.75, 3.05) is 0 Å². The number of carbonyl (C=O) groups is 1. The van der Waals surface area contributed by atoms with E-state index in [0.717, 1.165) is 24.3 Å². The van der Waals surface area contributed by atoms with Crippen LogP contribution in [0.1, 0.15) is 5.56 Å². The summed E-state index contributed by atoms with van der Waals surface area (Å²) in [6.45, 7) is 0. The van der Waals surface area contributed by atoms with Gasteiger partial charge in [0, 0.05) is 0 Å². The maximum Gasteiger partial charge on any atom is 0.419 e. The van der Waals surface area contributed by atoms with Crippen molar-refractivity contribution in [2.24, 2.45) is 0 Å². The second-order valence-corrected chi connectivity index (χ2v) is 2.69. The SMILES string of the molecule is [N-]=[N+]=CC(=O)Oc1ccc(C(F)(F)F)cc1. The van der Waals surface area contributed by atoms with Crippen molar-refractivity contribution >= 4 is 12.2 Å². The summed E-state index contributed by atoms with van der Waals surface area (Å²) in [5, 5.41) is 0. The van der Waals surface area contributed by atoms with Crippen LogP contribution in [0.4, 0.5) is 13.2 Å². The Morgan fingerprint density at radius 3 is 2.31 bits per heavy atom. The lowest BCUT2D eigenvalue weighted by Gasteiger charge is -2.06. The average Bonchev–Trinajstić information content (AvgIpc) is 2.17. The van der Waals surface area contributed by atoms with Crippen LogP contribution in [0.25, 0.3) is 5.53 Å². The first kappa shape index (κ1) is 11.9. The number of hydrogen-bond acceptors (Lipinski definition) is 2. The first-order valence-corrected chi connectivity index (χ1v) is 4.00. The number of alkyl halides is 3. The molecule has 0 unspecified atom stereocenters. The lowest BCUT2D eigenvalue weighted by atomic mass is 10.2. The molecule has 0 saturated heterocycles. The van der Waals surface area contributed by atoms with Gasteiger partial charge in [-0.05, 0) is 24.3 Å². The fourth-order valence-corrected chi connectivity index (χ4v) is 0.902. The van der Waals surface area contributed by atoms with Crippen molar-refractivity contribution in [3.8, 4) is 5.75 Å². The highest BCUT2D eigenvalue weighted by Crippen LogP contribution is 2.30. The van der Waals surface area contributed by atoms with Crippen molar-refractivity contribution in [2.45, 2.75) is 6.18 Å². The fourth-order valence-electron chi connectivity index (χ4n) is 0.902. The van der Waals surface area contributed by atoms with Crippen LogP contribution in [0.15, 0.2) is 24.3 Å². The lowest BCUT2D eigenvalue weighted by Crippen LogP contribution is -2.10. The molecule has 0 radical (unpaired) electrons. The Balaban J connectivity index is 2.80. The molecule has 7 heteroatoms. The predicted molar refractivity (Wildman–Crippen MR) is 46.8 cm³/mol. The van der Waals surface area contributed by atoms with E-state index in [-0.39, 0.29) is 5.75 Å². The van der Waals surface area contributed by atoms with E-state index in [9.17, 15) is 18.0 Å². The minimum atomic E-state index is -4.44. The fraction of sp³-hybridized carbons (Fsp3) is 0.111. The molecule has 1 aromatic rings. The van der Waals surface area contributed by atoms with Gasteiger partial charge in [-0.1, -0.05) is 0 Å². The predicted octanol–water partition coefficient (Wildman–Crippen LogP) is 1.91. The molecule has 0 bridgehead atoms. The quantitative estimate of drug-likeness (QED) is 0.256. The number of rotatable bonds is 2. The molecule has 0 saturated carbocycles. The monoisotopic (exact) mass is 230 g/mol. The van der Waals surface area contributed by atoms with Crippen LogP contribution < -0.4 is 4.74 Å². The number of nitrogens with zero attached hydrogens (tertiary/aromatic N) is 2. The third-order valence-corrected chi connectivity index (χ3v) is 1.56. The van der Waals surface area contributed by atoms with E-state index in [4.69, 9.17) is 5.53 Å². The molecule has 0 aliphatic rings. The molecular formula is C9H5F3N2O2. The summed E-state index contributed by atoms with van der Waals surface area (Å²) in [6, 6.07) is 3.54. The van der Waals surface area contributed by atoms with Gasteiger partial charge in [-0.25, -0.2) is 4.79 Å². The maximum absolute atomic E-state index is 12.1. The van der Waals surface area contributed by atoms with Crippen molar-refractivity contribution in [1.82, 2.24) is 0 Å². The van der Waals surface area contributed by atoms with Crippen LogP contribution in [0.3, 0.4) is 0 Å². The van der Waals surface area contributed by atoms with Crippen LogP contribution in [0.2, 0.25) is 0 Å². The number of ether oxygens (including phenoxy) is 1. The summed E-state index contributed by atoms with van der Waals surface area (Å²) >= 11 is 0. The smallest absolute Gasteiger partial charge is 0.418 e. The standard InChI is InChI=1S/C9H5F3N2O2/c10-9(11,12)6-1-3-7(4-2-6)16-8(15)5-14-13/h1-5H. The van der Waals surface area contributed by atoms with Crippen LogP contribution in [0, 0.1) is 0 Å². The highest BCUT2D eigenvalue weighted by atomic mass is 19.4. The summed E-state index contributed by atoms with van der Waals surface area (Å²) in [6.07, 6.45) is -3.95. The number of carbonyl (C=O) groups excluding carboxylic acids is 1. The zero-order chi connectivity index (χ0) is 12.2. The summed E-state index contributed by atoms with van der Waals surface area (Å²) < 4.78 is 40.9. The summed E-state index contributed by atoms with van der Waals surface area (Å²) in [7, 11) is 0. The van der Waals surface area contributed by atoms with Gasteiger partial charge in [0.05, 0.1) is 5.56 Å². The molecule has 16 heavy (non-hydrogen) atoms. The molecule has 0 fully saturated rings. The van der Waals surface area contributed by atoms with Gasteiger partial charge in [0.2, 0.25) is 0 Å². The van der Waals surface area contributed by atoms with Crippen LogP contribution in [-0.2, 0) is 11.0 Å². The lowest BCUT2D eigenvalue weighted by molar-refractivity contribution is -0.137. The van der Waals surface area contributed by atoms with E-state index in [2.05, 4.69) is 9.53 Å². The number of esters is 1. The molecule has 0 aliphatic carbocycles. The minimum absolute atomic E-state index is 0.0714. The van der Waals surface area contributed by atoms with Gasteiger partial charge in [0.15, 0.2) is 0 Å². The highest BCUT2D eigenvalue weighted by Gasteiger charge is 2.30. The molecule has 0 heterocycles. The van der Waals surface area contributed by atoms with E-state index in [0.29, 0.717) is 6.21 Å². The molecular weight excluding hydrogens is 225 g/mol. The van der Waals surface area contributed by atoms with Crippen molar-refractivity contribution in [3.05, 3.63) is 35.4 Å². The molecule has 0 atom stereocenters. The summed E-state index contributed by atoms with van der Waals surface area (Å²) in [4.78, 5) is 13.1. The van der Waals surface area contributed by atoms with E-state index in [1.807, 2.05) is 0 Å². The Hall–Kier alpha value is -2.14. The van der Waals surface area contributed by atoms with Gasteiger partial charge in [-0.2, -0.15) is 18.0 Å². The Morgan fingerprint density at radius 2 is 1.88 bits per heavy atom. The molecule has 0 N–H and O–H groups in total. The van der Waals surface area contributed by atoms with Gasteiger partial charge < -0.3 is 10.3 Å². The molecule has 0 aliphatic heterocycles. The molecule has 1 aromatic carbocycles. The first-order valence-electron chi connectivity index (χ1n) is 4.00. The number of halogens is 3. The second-order valence-electron chi connectivity index (χ2n) is 2.69. The topological polar surface area (TPSA) is 62.7 Å². The first-order chi connectivity index (χ1) is 7.43. The van der Waals surface area contributed by atoms with Crippen molar-refractivity contribution < 1.29 is 27.5 Å². The van der Waals surface area contributed by atoms with Gasteiger partial charge in [0.1, 0.15) is 5.75 Å². The van der Waals surface area contributed by atoms with E-state index in [1.54, 1.807) is 0 Å². The van der Waals surface area contributed by atoms with Gasteiger partial charge in [-0.3, -0.25) is 0 Å². The van der Waals surface area contributed by atoms with Gasteiger partial charge in [-0.15, -0.1) is 0 Å². The Bertz CT molecular complexity index is 433. The minimum Gasteiger partial charge on any atom is -0.418 e. The van der Waals surface area contributed by atoms with Crippen LogP contribution >= 0.6 is 0 Å². The third-order valence-electron chi connectivity index (χ3n) is 1.56. The zero-order valence-electron chi connectivity index (χ0n) is 7.73. The molecule has 4 nitrogen and oxygen atoms in total. The second kappa shape index (κ2) is 4.59. The highest BCUT2D eigenvalue weighted by molar-refractivity contribution is 6.21. The number of benzene rings is 1. The van der Waals surface area contributed by atoms with Crippen molar-refractivity contribution in [1.29, 1.82) is 0 Å². The third kappa shape index (κ3) is 3.21. The Kier molecular flexibility index (Phi) is 3.42. The number of hydrogen-bond donors (Lipinski definition) is 0. The molecule has 0 aromatic heterocycles. The average molecular weight is 230 g/mol. The summed E-state index contributed by atoms with van der Waals surface area (Å²) in [5.41, 5.74) is 7.14. The van der Waals surface area contributed by atoms with Gasteiger partial charge >= 0.3 is 18.4 Å². The molecule has 84 valence electrons. The normalized spacial score (nSPS) is 10.4. The summed E-state index contributed by atoms with van der Waals surface area (Å²) in [5.74, 6) is -1.06. The molecule has 0 spiro atoms. The van der Waals surface area contributed by atoms with Crippen molar-refractivity contribution in [3.63, 3.8) is 0 Å². The maximum atomic E-state index is 12.1.